The highest BCUT2D eigenvalue weighted by Gasteiger charge is 2.20. The molecule has 0 amide bonds. The van der Waals surface area contributed by atoms with Crippen LogP contribution in [-0.4, -0.2) is 22.8 Å². The molecule has 1 aliphatic carbocycles. The minimum Gasteiger partial charge on any atom is -0.295 e. The van der Waals surface area contributed by atoms with E-state index in [0.717, 1.165) is 17.9 Å². The van der Waals surface area contributed by atoms with Crippen LogP contribution in [0.15, 0.2) is 24.3 Å². The van der Waals surface area contributed by atoms with Crippen LogP contribution in [0.3, 0.4) is 0 Å². The fourth-order valence-corrected chi connectivity index (χ4v) is 3.33. The van der Waals surface area contributed by atoms with Gasteiger partial charge in [-0.3, -0.25) is 4.90 Å². The van der Waals surface area contributed by atoms with Crippen LogP contribution < -0.4 is 0 Å². The summed E-state index contributed by atoms with van der Waals surface area (Å²) in [6.07, 6.45) is 7.04. The maximum Gasteiger partial charge on any atom is 0.0237 e. The second kappa shape index (κ2) is 7.30. The number of hydrogen-bond acceptors (Lipinski definition) is 1. The molecule has 100 valence electrons. The highest BCUT2D eigenvalue weighted by Crippen LogP contribution is 2.24. The van der Waals surface area contributed by atoms with Crippen molar-refractivity contribution in [3.05, 3.63) is 35.4 Å². The lowest BCUT2D eigenvalue weighted by atomic mass is 9.94. The Hall–Kier alpha value is -0.340. The SMILES string of the molecule is Cc1ccc(CN(CCBr)C2CCCCC2)cc1. The summed E-state index contributed by atoms with van der Waals surface area (Å²) in [4.78, 5) is 2.67. The Kier molecular flexibility index (Phi) is 5.71. The van der Waals surface area contributed by atoms with Crippen LogP contribution >= 0.6 is 15.9 Å². The lowest BCUT2D eigenvalue weighted by molar-refractivity contribution is 0.158. The molecule has 0 heterocycles. The summed E-state index contributed by atoms with van der Waals surface area (Å²) >= 11 is 3.60. The van der Waals surface area contributed by atoms with Crippen molar-refractivity contribution in [2.24, 2.45) is 0 Å². The van der Waals surface area contributed by atoms with E-state index in [2.05, 4.69) is 52.0 Å². The van der Waals surface area contributed by atoms with Crippen molar-refractivity contribution < 1.29 is 0 Å². The van der Waals surface area contributed by atoms with Gasteiger partial charge in [0, 0.05) is 24.5 Å². The van der Waals surface area contributed by atoms with Gasteiger partial charge in [0.05, 0.1) is 0 Å². The summed E-state index contributed by atoms with van der Waals surface area (Å²) in [5, 5.41) is 1.08. The van der Waals surface area contributed by atoms with Gasteiger partial charge in [0.15, 0.2) is 0 Å². The molecule has 1 fully saturated rings. The maximum atomic E-state index is 3.60. The molecule has 1 saturated carbocycles. The number of aryl methyl sites for hydroxylation is 1. The van der Waals surface area contributed by atoms with E-state index < -0.39 is 0 Å². The minimum atomic E-state index is 0.803. The molecule has 0 saturated heterocycles. The third-order valence-corrected chi connectivity index (χ3v) is 4.32. The van der Waals surface area contributed by atoms with Gasteiger partial charge in [0.1, 0.15) is 0 Å². The molecule has 0 radical (unpaired) electrons. The molecular weight excluding hydrogens is 286 g/mol. The van der Waals surface area contributed by atoms with E-state index in [9.17, 15) is 0 Å². The average molecular weight is 310 g/mol. The molecule has 1 aliphatic rings. The molecular formula is C16H24BrN. The zero-order valence-electron chi connectivity index (χ0n) is 11.4. The van der Waals surface area contributed by atoms with Crippen LogP contribution in [0.1, 0.15) is 43.2 Å². The van der Waals surface area contributed by atoms with Gasteiger partial charge in [-0.2, -0.15) is 0 Å². The molecule has 2 heteroatoms. The number of alkyl halides is 1. The lowest BCUT2D eigenvalue weighted by Crippen LogP contribution is -2.37. The zero-order chi connectivity index (χ0) is 12.8. The first-order chi connectivity index (χ1) is 8.79. The van der Waals surface area contributed by atoms with Gasteiger partial charge in [-0.15, -0.1) is 0 Å². The van der Waals surface area contributed by atoms with Crippen molar-refractivity contribution in [3.63, 3.8) is 0 Å². The average Bonchev–Trinajstić information content (AvgIpc) is 2.42. The van der Waals surface area contributed by atoms with E-state index in [0.29, 0.717) is 0 Å². The number of halogens is 1. The quantitative estimate of drug-likeness (QED) is 0.723. The van der Waals surface area contributed by atoms with Crippen LogP contribution in [-0.2, 0) is 6.54 Å². The molecule has 0 N–H and O–H groups in total. The Balaban J connectivity index is 1.98. The molecule has 0 bridgehead atoms. The Morgan fingerprint density at radius 2 is 1.78 bits per heavy atom. The summed E-state index contributed by atoms with van der Waals surface area (Å²) in [5.74, 6) is 0. The third kappa shape index (κ3) is 4.10. The van der Waals surface area contributed by atoms with Gasteiger partial charge in [-0.05, 0) is 25.3 Å². The van der Waals surface area contributed by atoms with E-state index in [1.54, 1.807) is 0 Å². The molecule has 0 atom stereocenters. The molecule has 2 rings (SSSR count). The van der Waals surface area contributed by atoms with Gasteiger partial charge in [-0.25, -0.2) is 0 Å². The van der Waals surface area contributed by atoms with Gasteiger partial charge in [-0.1, -0.05) is 65.0 Å². The van der Waals surface area contributed by atoms with Gasteiger partial charge < -0.3 is 0 Å². The van der Waals surface area contributed by atoms with E-state index >= 15 is 0 Å². The first-order valence-electron chi connectivity index (χ1n) is 7.15. The van der Waals surface area contributed by atoms with Crippen molar-refractivity contribution in [2.45, 2.75) is 51.6 Å². The Morgan fingerprint density at radius 1 is 1.11 bits per heavy atom. The summed E-state index contributed by atoms with van der Waals surface area (Å²) in [5.41, 5.74) is 2.80. The smallest absolute Gasteiger partial charge is 0.0237 e. The van der Waals surface area contributed by atoms with Crippen LogP contribution in [0.4, 0.5) is 0 Å². The summed E-state index contributed by atoms with van der Waals surface area (Å²) in [6, 6.07) is 9.81. The van der Waals surface area contributed by atoms with Crippen molar-refractivity contribution >= 4 is 15.9 Å². The Labute approximate surface area is 120 Å². The van der Waals surface area contributed by atoms with Crippen molar-refractivity contribution in [3.8, 4) is 0 Å². The van der Waals surface area contributed by atoms with Crippen LogP contribution in [0.5, 0.6) is 0 Å². The fraction of sp³-hybridized carbons (Fsp3) is 0.625. The van der Waals surface area contributed by atoms with Crippen LogP contribution in [0, 0.1) is 6.92 Å². The first-order valence-corrected chi connectivity index (χ1v) is 8.27. The highest BCUT2D eigenvalue weighted by atomic mass is 79.9. The van der Waals surface area contributed by atoms with Crippen molar-refractivity contribution in [1.82, 2.24) is 4.90 Å². The Morgan fingerprint density at radius 3 is 2.39 bits per heavy atom. The number of rotatable bonds is 5. The lowest BCUT2D eigenvalue weighted by Gasteiger charge is -2.34. The fourth-order valence-electron chi connectivity index (χ4n) is 2.87. The molecule has 0 unspecified atom stereocenters. The zero-order valence-corrected chi connectivity index (χ0v) is 13.0. The molecule has 0 aliphatic heterocycles. The predicted molar refractivity (Wildman–Crippen MR) is 82.3 cm³/mol. The summed E-state index contributed by atoms with van der Waals surface area (Å²) in [6.45, 7) is 4.43. The third-order valence-electron chi connectivity index (χ3n) is 3.97. The maximum absolute atomic E-state index is 3.60. The molecule has 18 heavy (non-hydrogen) atoms. The van der Waals surface area contributed by atoms with E-state index in [1.165, 1.54) is 49.8 Å². The van der Waals surface area contributed by atoms with Crippen LogP contribution in [0.2, 0.25) is 0 Å². The molecule has 0 aromatic heterocycles. The standard InChI is InChI=1S/C16H24BrN/c1-14-7-9-15(10-8-14)13-18(12-11-17)16-5-3-2-4-6-16/h7-10,16H,2-6,11-13H2,1H3. The second-order valence-corrected chi connectivity index (χ2v) is 6.23. The predicted octanol–water partition coefficient (Wildman–Crippen LogP) is 4.52. The van der Waals surface area contributed by atoms with Crippen molar-refractivity contribution in [2.75, 3.05) is 11.9 Å². The first kappa shape index (κ1) is 14.1. The van der Waals surface area contributed by atoms with Crippen molar-refractivity contribution in [1.29, 1.82) is 0 Å². The molecule has 1 nitrogen and oxygen atoms in total. The molecule has 1 aromatic rings. The second-order valence-electron chi connectivity index (χ2n) is 5.44. The summed E-state index contributed by atoms with van der Waals surface area (Å²) < 4.78 is 0. The van der Waals surface area contributed by atoms with E-state index in [-0.39, 0.29) is 0 Å². The number of nitrogens with zero attached hydrogens (tertiary/aromatic N) is 1. The van der Waals surface area contributed by atoms with Gasteiger partial charge >= 0.3 is 0 Å². The topological polar surface area (TPSA) is 3.24 Å². The monoisotopic (exact) mass is 309 g/mol. The van der Waals surface area contributed by atoms with Gasteiger partial charge in [0.2, 0.25) is 0 Å². The minimum absolute atomic E-state index is 0.803. The summed E-state index contributed by atoms with van der Waals surface area (Å²) in [7, 11) is 0. The van der Waals surface area contributed by atoms with E-state index in [1.807, 2.05) is 0 Å². The molecule has 1 aromatic carbocycles. The normalized spacial score (nSPS) is 17.3. The van der Waals surface area contributed by atoms with E-state index in [4.69, 9.17) is 0 Å². The highest BCUT2D eigenvalue weighted by molar-refractivity contribution is 9.09. The van der Waals surface area contributed by atoms with Gasteiger partial charge in [0.25, 0.3) is 0 Å². The molecule has 0 spiro atoms. The van der Waals surface area contributed by atoms with Crippen LogP contribution in [0.25, 0.3) is 0 Å². The largest absolute Gasteiger partial charge is 0.295 e. The number of hydrogen-bond donors (Lipinski definition) is 0. The number of benzene rings is 1. The Bertz CT molecular complexity index is 341.